The lowest BCUT2D eigenvalue weighted by Gasteiger charge is -2.32. The van der Waals surface area contributed by atoms with Crippen LogP contribution in [0.2, 0.25) is 5.15 Å². The van der Waals surface area contributed by atoms with Gasteiger partial charge in [0.1, 0.15) is 10.8 Å². The molecule has 0 aromatic carbocycles. The second kappa shape index (κ2) is 8.06. The van der Waals surface area contributed by atoms with Gasteiger partial charge in [-0.3, -0.25) is 9.78 Å². The fraction of sp³-hybridized carbons (Fsp3) is 0.389. The first kappa shape index (κ1) is 21.8. The summed E-state index contributed by atoms with van der Waals surface area (Å²) in [6.07, 6.45) is -4.59. The molecule has 3 heterocycles. The number of hydrogen-bond acceptors (Lipinski definition) is 4. The fourth-order valence-electron chi connectivity index (χ4n) is 2.91. The quantitative estimate of drug-likeness (QED) is 0.347. The van der Waals surface area contributed by atoms with Gasteiger partial charge in [0.25, 0.3) is 0 Å². The van der Waals surface area contributed by atoms with E-state index in [1.54, 1.807) is 18.2 Å². The maximum atomic E-state index is 13.5. The van der Waals surface area contributed by atoms with Crippen LogP contribution in [-0.2, 0) is 11.2 Å². The minimum atomic E-state index is -5.75. The third-order valence-corrected chi connectivity index (χ3v) is 5.44. The summed E-state index contributed by atoms with van der Waals surface area (Å²) in [6, 6.07) is 4.96. The number of nitrogens with zero attached hydrogens (tertiary/aromatic N) is 3. The Labute approximate surface area is 172 Å². The van der Waals surface area contributed by atoms with Crippen molar-refractivity contribution >= 4 is 35.0 Å². The molecule has 11 heteroatoms. The molecule has 3 rings (SSSR count). The minimum Gasteiger partial charge on any atom is -0.304 e. The lowest BCUT2D eigenvalue weighted by molar-refractivity contribution is -0.276. The minimum absolute atomic E-state index is 0.0550. The molecule has 4 nitrogen and oxygen atoms in total. The molecule has 0 saturated carbocycles. The second-order valence-electron chi connectivity index (χ2n) is 6.29. The molecule has 1 amide bonds. The number of carbonyl (C=O) groups excluding carboxylic acids is 1. The average Bonchev–Trinajstić information content (AvgIpc) is 2.64. The van der Waals surface area contributed by atoms with Crippen LogP contribution in [0.5, 0.6) is 0 Å². The van der Waals surface area contributed by atoms with E-state index >= 15 is 0 Å². The van der Waals surface area contributed by atoms with Crippen LogP contribution >= 0.6 is 23.4 Å². The van der Waals surface area contributed by atoms with Crippen LogP contribution in [0.4, 0.5) is 27.6 Å². The van der Waals surface area contributed by atoms with Crippen LogP contribution in [-0.4, -0.2) is 40.3 Å². The molecule has 1 aliphatic heterocycles. The molecule has 29 heavy (non-hydrogen) atoms. The normalized spacial score (nSPS) is 14.9. The van der Waals surface area contributed by atoms with Gasteiger partial charge in [-0.1, -0.05) is 18.5 Å². The van der Waals surface area contributed by atoms with Gasteiger partial charge in [-0.15, -0.1) is 11.8 Å². The number of aryl methyl sites for hydroxylation is 1. The van der Waals surface area contributed by atoms with E-state index < -0.39 is 24.6 Å². The van der Waals surface area contributed by atoms with Gasteiger partial charge in [-0.2, -0.15) is 22.0 Å². The largest absolute Gasteiger partial charge is 0.455 e. The lowest BCUT2D eigenvalue weighted by Crippen LogP contribution is -2.50. The van der Waals surface area contributed by atoms with Crippen LogP contribution < -0.4 is 4.90 Å². The van der Waals surface area contributed by atoms with E-state index in [2.05, 4.69) is 9.97 Å². The molecule has 0 atom stereocenters. The number of fused-ring (bicyclic) bond motifs is 1. The number of pyridine rings is 2. The number of carbonyl (C=O) groups is 1. The van der Waals surface area contributed by atoms with E-state index in [0.717, 1.165) is 16.8 Å². The summed E-state index contributed by atoms with van der Waals surface area (Å²) in [5.41, 5.74) is 1.28. The first-order valence-corrected chi connectivity index (χ1v) is 9.93. The highest BCUT2D eigenvalue weighted by atomic mass is 35.5. The van der Waals surface area contributed by atoms with Crippen molar-refractivity contribution in [2.45, 2.75) is 36.8 Å². The van der Waals surface area contributed by atoms with Crippen molar-refractivity contribution in [3.8, 4) is 11.4 Å². The standard InChI is InChI=1S/C18H15ClF5N3OS/c1-2-29-13-4-5-14(19)26-16(13)11-7-10-3-6-15(28)27(12(10)8-25-11)9-17(20,21)18(22,23)24/h4-5,7-8H,2-3,6,9H2,1H3. The van der Waals surface area contributed by atoms with Crippen molar-refractivity contribution in [1.82, 2.24) is 9.97 Å². The number of thioether (sulfide) groups is 1. The maximum absolute atomic E-state index is 13.5. The molecule has 2 aromatic rings. The number of aromatic nitrogens is 2. The zero-order valence-corrected chi connectivity index (χ0v) is 16.6. The van der Waals surface area contributed by atoms with E-state index in [0.29, 0.717) is 21.9 Å². The van der Waals surface area contributed by atoms with Crippen molar-refractivity contribution in [3.05, 3.63) is 35.1 Å². The van der Waals surface area contributed by atoms with E-state index in [-0.39, 0.29) is 23.7 Å². The molecule has 0 radical (unpaired) electrons. The van der Waals surface area contributed by atoms with E-state index in [9.17, 15) is 26.7 Å². The number of anilines is 1. The van der Waals surface area contributed by atoms with Crippen molar-refractivity contribution in [2.75, 3.05) is 17.2 Å². The third kappa shape index (κ3) is 4.48. The Morgan fingerprint density at radius 3 is 2.59 bits per heavy atom. The summed E-state index contributed by atoms with van der Waals surface area (Å²) in [4.78, 5) is 21.8. The highest BCUT2D eigenvalue weighted by Crippen LogP contribution is 2.39. The van der Waals surface area contributed by atoms with Crippen LogP contribution in [0.25, 0.3) is 11.4 Å². The van der Waals surface area contributed by atoms with Gasteiger partial charge in [0.15, 0.2) is 0 Å². The SMILES string of the molecule is CCSc1ccc(Cl)nc1-c1cc2c(cn1)N(CC(F)(F)C(F)(F)F)C(=O)CC2. The molecule has 1 aliphatic rings. The monoisotopic (exact) mass is 451 g/mol. The van der Waals surface area contributed by atoms with Gasteiger partial charge in [-0.05, 0) is 35.9 Å². The Bertz CT molecular complexity index is 938. The zero-order chi connectivity index (χ0) is 21.4. The average molecular weight is 452 g/mol. The number of hydrogen-bond donors (Lipinski definition) is 0. The Morgan fingerprint density at radius 2 is 1.93 bits per heavy atom. The first-order valence-electron chi connectivity index (χ1n) is 8.57. The van der Waals surface area contributed by atoms with Gasteiger partial charge < -0.3 is 4.90 Å². The molecule has 0 unspecified atom stereocenters. The molecule has 0 fully saturated rings. The molecule has 156 valence electrons. The zero-order valence-electron chi connectivity index (χ0n) is 15.1. The summed E-state index contributed by atoms with van der Waals surface area (Å²) in [7, 11) is 0. The van der Waals surface area contributed by atoms with Gasteiger partial charge in [-0.25, -0.2) is 4.98 Å². The maximum Gasteiger partial charge on any atom is 0.455 e. The van der Waals surface area contributed by atoms with Crippen LogP contribution in [0, 0.1) is 0 Å². The van der Waals surface area contributed by atoms with Gasteiger partial charge >= 0.3 is 12.1 Å². The Morgan fingerprint density at radius 1 is 1.21 bits per heavy atom. The molecule has 0 aliphatic carbocycles. The predicted molar refractivity (Wildman–Crippen MR) is 101 cm³/mol. The third-order valence-electron chi connectivity index (χ3n) is 4.30. The predicted octanol–water partition coefficient (Wildman–Crippen LogP) is 5.39. The first-order chi connectivity index (χ1) is 13.5. The van der Waals surface area contributed by atoms with E-state index in [1.165, 1.54) is 11.8 Å². The van der Waals surface area contributed by atoms with Crippen molar-refractivity contribution < 1.29 is 26.7 Å². The summed E-state index contributed by atoms with van der Waals surface area (Å²) in [5.74, 6) is -5.08. The Balaban J connectivity index is 2.00. The van der Waals surface area contributed by atoms with Crippen molar-refractivity contribution in [1.29, 1.82) is 0 Å². The molecule has 0 N–H and O–H groups in total. The topological polar surface area (TPSA) is 46.1 Å². The summed E-state index contributed by atoms with van der Waals surface area (Å²) in [6.45, 7) is 0.170. The van der Waals surface area contributed by atoms with Gasteiger partial charge in [0.2, 0.25) is 5.91 Å². The number of alkyl halides is 5. The summed E-state index contributed by atoms with van der Waals surface area (Å²) in [5, 5.41) is 0.238. The van der Waals surface area contributed by atoms with E-state index in [1.807, 2.05) is 6.92 Å². The Kier molecular flexibility index (Phi) is 6.05. The summed E-state index contributed by atoms with van der Waals surface area (Å²) < 4.78 is 64.9. The summed E-state index contributed by atoms with van der Waals surface area (Å²) >= 11 is 7.48. The number of amides is 1. The van der Waals surface area contributed by atoms with Crippen molar-refractivity contribution in [3.63, 3.8) is 0 Å². The van der Waals surface area contributed by atoms with Crippen LogP contribution in [0.15, 0.2) is 29.3 Å². The molecule has 0 bridgehead atoms. The van der Waals surface area contributed by atoms with Crippen molar-refractivity contribution in [2.24, 2.45) is 0 Å². The smallest absolute Gasteiger partial charge is 0.304 e. The van der Waals surface area contributed by atoms with Gasteiger partial charge in [0, 0.05) is 11.3 Å². The molecular formula is C18H15ClF5N3OS. The second-order valence-corrected chi connectivity index (χ2v) is 7.99. The van der Waals surface area contributed by atoms with Crippen LogP contribution in [0.1, 0.15) is 18.9 Å². The van der Waals surface area contributed by atoms with Gasteiger partial charge in [0.05, 0.1) is 24.1 Å². The molecule has 2 aromatic heterocycles. The molecule has 0 saturated heterocycles. The van der Waals surface area contributed by atoms with E-state index in [4.69, 9.17) is 11.6 Å². The van der Waals surface area contributed by atoms with Crippen LogP contribution in [0.3, 0.4) is 0 Å². The lowest BCUT2D eigenvalue weighted by atomic mass is 10.0. The number of rotatable bonds is 5. The molecular weight excluding hydrogens is 437 g/mol. The highest BCUT2D eigenvalue weighted by Gasteiger charge is 2.59. The molecule has 0 spiro atoms. The Hall–Kier alpha value is -1.94. The fourth-order valence-corrected chi connectivity index (χ4v) is 3.82. The highest BCUT2D eigenvalue weighted by molar-refractivity contribution is 7.99. The number of halogens is 6.